The molecule has 10 nitrogen and oxygen atoms in total. The average molecular weight is 379 g/mol. The summed E-state index contributed by atoms with van der Waals surface area (Å²) in [5.74, 6) is 1.22. The summed E-state index contributed by atoms with van der Waals surface area (Å²) in [6.45, 7) is 3.92. The third-order valence-electron chi connectivity index (χ3n) is 5.00. The van der Waals surface area contributed by atoms with Gasteiger partial charge in [0.2, 0.25) is 0 Å². The molecule has 0 aromatic rings. The SMILES string of the molecule is CN(C)C(=N)NC(=N)N1CCCC(CNC(=N)NC(=N)N2CCCCC2)C1. The zero-order valence-electron chi connectivity index (χ0n) is 16.5. The summed E-state index contributed by atoms with van der Waals surface area (Å²) < 4.78 is 0. The van der Waals surface area contributed by atoms with Gasteiger partial charge in [-0.2, -0.15) is 0 Å². The third-order valence-corrected chi connectivity index (χ3v) is 5.00. The first-order valence-electron chi connectivity index (χ1n) is 9.66. The minimum absolute atomic E-state index is 0.158. The summed E-state index contributed by atoms with van der Waals surface area (Å²) in [5, 5.41) is 40.8. The number of hydrogen-bond donors (Lipinski definition) is 7. The lowest BCUT2D eigenvalue weighted by Gasteiger charge is -2.35. The molecule has 7 N–H and O–H groups in total. The Morgan fingerprint density at radius 3 is 2.19 bits per heavy atom. The highest BCUT2D eigenvalue weighted by Gasteiger charge is 2.23. The number of nitrogens with zero attached hydrogens (tertiary/aromatic N) is 3. The highest BCUT2D eigenvalue weighted by Crippen LogP contribution is 2.15. The highest BCUT2D eigenvalue weighted by molar-refractivity contribution is 5.96. The van der Waals surface area contributed by atoms with Crippen LogP contribution in [0.25, 0.3) is 0 Å². The van der Waals surface area contributed by atoms with Crippen molar-refractivity contribution in [2.45, 2.75) is 32.1 Å². The van der Waals surface area contributed by atoms with Crippen LogP contribution in [-0.2, 0) is 0 Å². The molecule has 152 valence electrons. The summed E-state index contributed by atoms with van der Waals surface area (Å²) >= 11 is 0. The standard InChI is InChI=1S/C17H34N10/c1-25(2)15(19)24-17(21)27-10-6-7-13(12-27)11-22-14(18)23-16(20)26-8-4-3-5-9-26/h13H,3-12H2,1-2H3,(H3,19,21,24)(H4,18,20,22,23). The van der Waals surface area contributed by atoms with E-state index >= 15 is 0 Å². The van der Waals surface area contributed by atoms with Crippen molar-refractivity contribution in [3.8, 4) is 0 Å². The third kappa shape index (κ3) is 6.61. The first-order valence-corrected chi connectivity index (χ1v) is 9.66. The molecule has 2 saturated heterocycles. The van der Waals surface area contributed by atoms with E-state index in [2.05, 4.69) is 16.0 Å². The van der Waals surface area contributed by atoms with Gasteiger partial charge in [0.1, 0.15) is 0 Å². The van der Waals surface area contributed by atoms with Crippen molar-refractivity contribution in [1.29, 1.82) is 21.6 Å². The zero-order chi connectivity index (χ0) is 19.8. The molecule has 27 heavy (non-hydrogen) atoms. The zero-order valence-corrected chi connectivity index (χ0v) is 16.5. The van der Waals surface area contributed by atoms with Crippen LogP contribution in [0.15, 0.2) is 0 Å². The van der Waals surface area contributed by atoms with Crippen LogP contribution in [0.1, 0.15) is 32.1 Å². The molecule has 0 aromatic heterocycles. The van der Waals surface area contributed by atoms with Crippen molar-refractivity contribution in [2.24, 2.45) is 5.92 Å². The van der Waals surface area contributed by atoms with Gasteiger partial charge in [0.05, 0.1) is 0 Å². The van der Waals surface area contributed by atoms with Crippen LogP contribution in [0.3, 0.4) is 0 Å². The van der Waals surface area contributed by atoms with Gasteiger partial charge in [-0.3, -0.25) is 32.3 Å². The number of likely N-dealkylation sites (tertiary alicyclic amines) is 2. The van der Waals surface area contributed by atoms with Gasteiger partial charge in [0.25, 0.3) is 0 Å². The lowest BCUT2D eigenvalue weighted by atomic mass is 9.98. The van der Waals surface area contributed by atoms with Crippen molar-refractivity contribution in [3.63, 3.8) is 0 Å². The highest BCUT2D eigenvalue weighted by atomic mass is 15.4. The molecule has 0 spiro atoms. The molecule has 0 saturated carbocycles. The largest absolute Gasteiger partial charge is 0.356 e. The van der Waals surface area contributed by atoms with Crippen LogP contribution in [0.2, 0.25) is 0 Å². The van der Waals surface area contributed by atoms with E-state index in [-0.39, 0.29) is 17.9 Å². The molecule has 2 heterocycles. The van der Waals surface area contributed by atoms with E-state index < -0.39 is 0 Å². The average Bonchev–Trinajstić information content (AvgIpc) is 2.67. The van der Waals surface area contributed by atoms with E-state index in [0.29, 0.717) is 18.4 Å². The van der Waals surface area contributed by atoms with Gasteiger partial charge in [-0.05, 0) is 38.0 Å². The van der Waals surface area contributed by atoms with Crippen molar-refractivity contribution in [1.82, 2.24) is 30.7 Å². The minimum Gasteiger partial charge on any atom is -0.356 e. The quantitative estimate of drug-likeness (QED) is 0.271. The fourth-order valence-corrected chi connectivity index (χ4v) is 3.34. The topological polar surface area (TPSA) is 141 Å². The molecule has 0 bridgehead atoms. The molecule has 1 atom stereocenters. The first kappa shape index (κ1) is 20.8. The van der Waals surface area contributed by atoms with Crippen LogP contribution >= 0.6 is 0 Å². The second kappa shape index (κ2) is 9.98. The maximum absolute atomic E-state index is 8.16. The second-order valence-electron chi connectivity index (χ2n) is 7.45. The van der Waals surface area contributed by atoms with E-state index in [4.69, 9.17) is 21.6 Å². The van der Waals surface area contributed by atoms with Crippen LogP contribution < -0.4 is 16.0 Å². The van der Waals surface area contributed by atoms with Crippen LogP contribution in [0.4, 0.5) is 0 Å². The lowest BCUT2D eigenvalue weighted by Crippen LogP contribution is -2.53. The molecule has 0 aromatic carbocycles. The fourth-order valence-electron chi connectivity index (χ4n) is 3.34. The Labute approximate surface area is 161 Å². The summed E-state index contributed by atoms with van der Waals surface area (Å²) in [4.78, 5) is 5.55. The summed E-state index contributed by atoms with van der Waals surface area (Å²) in [6, 6.07) is 0. The Morgan fingerprint density at radius 1 is 0.889 bits per heavy atom. The molecular formula is C17H34N10. The van der Waals surface area contributed by atoms with E-state index in [1.165, 1.54) is 6.42 Å². The Bertz CT molecular complexity index is 552. The Morgan fingerprint density at radius 2 is 1.52 bits per heavy atom. The van der Waals surface area contributed by atoms with E-state index in [1.54, 1.807) is 19.0 Å². The molecule has 2 fully saturated rings. The monoisotopic (exact) mass is 378 g/mol. The molecule has 2 aliphatic heterocycles. The molecular weight excluding hydrogens is 344 g/mol. The van der Waals surface area contributed by atoms with Crippen molar-refractivity contribution in [2.75, 3.05) is 46.8 Å². The summed E-state index contributed by atoms with van der Waals surface area (Å²) in [7, 11) is 3.54. The smallest absolute Gasteiger partial charge is 0.197 e. The summed E-state index contributed by atoms with van der Waals surface area (Å²) in [5.41, 5.74) is 0. The van der Waals surface area contributed by atoms with E-state index in [9.17, 15) is 0 Å². The van der Waals surface area contributed by atoms with Crippen molar-refractivity contribution < 1.29 is 0 Å². The summed E-state index contributed by atoms with van der Waals surface area (Å²) in [6.07, 6.45) is 5.45. The Kier molecular flexibility index (Phi) is 7.68. The Balaban J connectivity index is 1.71. The van der Waals surface area contributed by atoms with Crippen molar-refractivity contribution in [3.05, 3.63) is 0 Å². The van der Waals surface area contributed by atoms with Gasteiger partial charge in [-0.25, -0.2) is 0 Å². The predicted molar refractivity (Wildman–Crippen MR) is 109 cm³/mol. The van der Waals surface area contributed by atoms with E-state index in [0.717, 1.165) is 51.9 Å². The number of nitrogens with one attached hydrogen (secondary N) is 7. The molecule has 1 unspecified atom stereocenters. The maximum atomic E-state index is 8.16. The van der Waals surface area contributed by atoms with Gasteiger partial charge in [-0.1, -0.05) is 0 Å². The van der Waals surface area contributed by atoms with Crippen LogP contribution in [-0.4, -0.2) is 85.4 Å². The molecule has 0 radical (unpaired) electrons. The number of hydrogen-bond acceptors (Lipinski definition) is 4. The van der Waals surface area contributed by atoms with Gasteiger partial charge in [-0.15, -0.1) is 0 Å². The number of guanidine groups is 4. The van der Waals surface area contributed by atoms with E-state index in [1.807, 2.05) is 9.80 Å². The normalized spacial score (nSPS) is 19.9. The number of rotatable bonds is 2. The van der Waals surface area contributed by atoms with Gasteiger partial charge in [0.15, 0.2) is 23.8 Å². The fraction of sp³-hybridized carbons (Fsp3) is 0.765. The number of piperidine rings is 2. The first-order chi connectivity index (χ1) is 12.9. The predicted octanol–water partition coefficient (Wildman–Crippen LogP) is 0.254. The van der Waals surface area contributed by atoms with Crippen LogP contribution in [0, 0.1) is 27.6 Å². The molecule has 0 amide bonds. The molecule has 10 heteroatoms. The lowest BCUT2D eigenvalue weighted by molar-refractivity contribution is 0.252. The minimum atomic E-state index is 0.158. The van der Waals surface area contributed by atoms with Crippen LogP contribution in [0.5, 0.6) is 0 Å². The maximum Gasteiger partial charge on any atom is 0.197 e. The molecule has 2 rings (SSSR count). The van der Waals surface area contributed by atoms with Gasteiger partial charge in [0, 0.05) is 46.8 Å². The molecule has 2 aliphatic rings. The Hall–Kier alpha value is -2.52. The molecule has 0 aliphatic carbocycles. The van der Waals surface area contributed by atoms with Gasteiger partial charge >= 0.3 is 0 Å². The van der Waals surface area contributed by atoms with Gasteiger partial charge < -0.3 is 20.0 Å². The van der Waals surface area contributed by atoms with Crippen molar-refractivity contribution >= 4 is 23.8 Å². The second-order valence-corrected chi connectivity index (χ2v) is 7.45.